The number of carboxylic acid groups (broad SMARTS) is 1. The molecule has 1 aromatic carbocycles. The SMILES string of the molecule is CC(=O)NCCNC(=O)Nc1ccc(CCC(=O)O)cc1. The van der Waals surface area contributed by atoms with Crippen LogP contribution in [0.2, 0.25) is 0 Å². The maximum atomic E-state index is 11.5. The van der Waals surface area contributed by atoms with Crippen LogP contribution in [-0.2, 0) is 16.0 Å². The Hall–Kier alpha value is -2.57. The molecule has 0 spiro atoms. The Morgan fingerprint density at radius 3 is 2.24 bits per heavy atom. The second kappa shape index (κ2) is 8.57. The Bertz CT molecular complexity index is 499. The molecule has 21 heavy (non-hydrogen) atoms. The zero-order valence-electron chi connectivity index (χ0n) is 11.8. The minimum Gasteiger partial charge on any atom is -0.481 e. The van der Waals surface area contributed by atoms with E-state index in [0.29, 0.717) is 25.2 Å². The number of benzene rings is 1. The first kappa shape index (κ1) is 16.5. The molecule has 0 saturated carbocycles. The number of carboxylic acids is 1. The largest absolute Gasteiger partial charge is 0.481 e. The second-order valence-electron chi connectivity index (χ2n) is 4.45. The Labute approximate surface area is 122 Å². The van der Waals surface area contributed by atoms with E-state index in [9.17, 15) is 14.4 Å². The van der Waals surface area contributed by atoms with Crippen molar-refractivity contribution in [3.63, 3.8) is 0 Å². The molecule has 0 fully saturated rings. The first-order chi connectivity index (χ1) is 9.97. The highest BCUT2D eigenvalue weighted by Crippen LogP contribution is 2.10. The Kier molecular flexibility index (Phi) is 6.73. The van der Waals surface area contributed by atoms with Crippen LogP contribution in [0.3, 0.4) is 0 Å². The first-order valence-electron chi connectivity index (χ1n) is 6.57. The molecule has 0 heterocycles. The predicted octanol–water partition coefficient (Wildman–Crippen LogP) is 0.961. The minimum atomic E-state index is -0.837. The second-order valence-corrected chi connectivity index (χ2v) is 4.45. The Morgan fingerprint density at radius 1 is 1.05 bits per heavy atom. The standard InChI is InChI=1S/C14H19N3O4/c1-10(18)15-8-9-16-14(21)17-12-5-2-11(3-6-12)4-7-13(19)20/h2-3,5-6H,4,7-9H2,1H3,(H,15,18)(H,19,20)(H2,16,17,21). The monoisotopic (exact) mass is 293 g/mol. The number of aryl methyl sites for hydroxylation is 1. The molecule has 7 nitrogen and oxygen atoms in total. The molecule has 0 unspecified atom stereocenters. The smallest absolute Gasteiger partial charge is 0.319 e. The summed E-state index contributed by atoms with van der Waals surface area (Å²) in [6.45, 7) is 2.12. The molecule has 0 bridgehead atoms. The molecule has 0 radical (unpaired) electrons. The fourth-order valence-electron chi connectivity index (χ4n) is 1.60. The maximum absolute atomic E-state index is 11.5. The fraction of sp³-hybridized carbons (Fsp3) is 0.357. The number of aliphatic carboxylic acids is 1. The van der Waals surface area contributed by atoms with Crippen molar-refractivity contribution in [3.05, 3.63) is 29.8 Å². The van der Waals surface area contributed by atoms with Gasteiger partial charge in [0.15, 0.2) is 0 Å². The number of anilines is 1. The van der Waals surface area contributed by atoms with Crippen molar-refractivity contribution in [1.29, 1.82) is 0 Å². The molecule has 3 amide bonds. The number of carbonyl (C=O) groups excluding carboxylic acids is 2. The average Bonchev–Trinajstić information content (AvgIpc) is 2.42. The third-order valence-corrected chi connectivity index (χ3v) is 2.62. The molecule has 0 aliphatic carbocycles. The average molecular weight is 293 g/mol. The van der Waals surface area contributed by atoms with Crippen molar-refractivity contribution in [1.82, 2.24) is 10.6 Å². The number of urea groups is 1. The number of hydrogen-bond acceptors (Lipinski definition) is 3. The van der Waals surface area contributed by atoms with E-state index in [1.165, 1.54) is 6.92 Å². The molecule has 114 valence electrons. The number of hydrogen-bond donors (Lipinski definition) is 4. The first-order valence-corrected chi connectivity index (χ1v) is 6.57. The molecule has 0 saturated heterocycles. The predicted molar refractivity (Wildman–Crippen MR) is 78.1 cm³/mol. The highest BCUT2D eigenvalue weighted by Gasteiger charge is 2.02. The quantitative estimate of drug-likeness (QED) is 0.562. The van der Waals surface area contributed by atoms with Gasteiger partial charge in [0.25, 0.3) is 0 Å². The van der Waals surface area contributed by atoms with Gasteiger partial charge in [0, 0.05) is 32.1 Å². The van der Waals surface area contributed by atoms with Crippen molar-refractivity contribution >= 4 is 23.6 Å². The minimum absolute atomic E-state index is 0.0798. The van der Waals surface area contributed by atoms with Crippen LogP contribution in [0.5, 0.6) is 0 Å². The summed E-state index contributed by atoms with van der Waals surface area (Å²) in [6.07, 6.45) is 0.537. The summed E-state index contributed by atoms with van der Waals surface area (Å²) < 4.78 is 0. The van der Waals surface area contributed by atoms with Gasteiger partial charge < -0.3 is 21.1 Å². The highest BCUT2D eigenvalue weighted by atomic mass is 16.4. The fourth-order valence-corrected chi connectivity index (χ4v) is 1.60. The summed E-state index contributed by atoms with van der Waals surface area (Å²) in [7, 11) is 0. The van der Waals surface area contributed by atoms with Gasteiger partial charge in [0.05, 0.1) is 0 Å². The van der Waals surface area contributed by atoms with Gasteiger partial charge in [-0.05, 0) is 24.1 Å². The van der Waals surface area contributed by atoms with E-state index in [0.717, 1.165) is 5.56 Å². The topological polar surface area (TPSA) is 108 Å². The number of amides is 3. The highest BCUT2D eigenvalue weighted by molar-refractivity contribution is 5.89. The molecule has 0 aliphatic rings. The number of rotatable bonds is 7. The van der Waals surface area contributed by atoms with Gasteiger partial charge in [-0.15, -0.1) is 0 Å². The maximum Gasteiger partial charge on any atom is 0.319 e. The van der Waals surface area contributed by atoms with Gasteiger partial charge in [-0.25, -0.2) is 4.79 Å². The van der Waals surface area contributed by atoms with Crippen molar-refractivity contribution in [3.8, 4) is 0 Å². The van der Waals surface area contributed by atoms with Gasteiger partial charge >= 0.3 is 12.0 Å². The number of carbonyl (C=O) groups is 3. The van der Waals surface area contributed by atoms with Gasteiger partial charge in [0.1, 0.15) is 0 Å². The van der Waals surface area contributed by atoms with Crippen molar-refractivity contribution in [2.45, 2.75) is 19.8 Å². The van der Waals surface area contributed by atoms with E-state index in [1.807, 2.05) is 0 Å². The molecule has 0 aromatic heterocycles. The molecule has 1 aromatic rings. The van der Waals surface area contributed by atoms with Crippen LogP contribution in [0.1, 0.15) is 18.9 Å². The van der Waals surface area contributed by atoms with E-state index < -0.39 is 5.97 Å². The van der Waals surface area contributed by atoms with E-state index in [2.05, 4.69) is 16.0 Å². The van der Waals surface area contributed by atoms with Crippen LogP contribution in [0, 0.1) is 0 Å². The zero-order chi connectivity index (χ0) is 15.7. The van der Waals surface area contributed by atoms with E-state index >= 15 is 0 Å². The van der Waals surface area contributed by atoms with Crippen LogP contribution >= 0.6 is 0 Å². The summed E-state index contributed by atoms with van der Waals surface area (Å²) in [6, 6.07) is 6.61. The van der Waals surface area contributed by atoms with Crippen LogP contribution in [-0.4, -0.2) is 36.1 Å². The Morgan fingerprint density at radius 2 is 1.67 bits per heavy atom. The Balaban J connectivity index is 2.32. The molecule has 0 aliphatic heterocycles. The zero-order valence-corrected chi connectivity index (χ0v) is 11.8. The molecular formula is C14H19N3O4. The summed E-state index contributed by atoms with van der Waals surface area (Å²) in [5.41, 5.74) is 1.51. The summed E-state index contributed by atoms with van der Waals surface area (Å²) in [4.78, 5) is 32.6. The third-order valence-electron chi connectivity index (χ3n) is 2.62. The van der Waals surface area contributed by atoms with Gasteiger partial charge in [-0.1, -0.05) is 12.1 Å². The van der Waals surface area contributed by atoms with Crippen LogP contribution < -0.4 is 16.0 Å². The third kappa shape index (κ3) is 7.56. The lowest BCUT2D eigenvalue weighted by molar-refractivity contribution is -0.137. The lowest BCUT2D eigenvalue weighted by Crippen LogP contribution is -2.36. The summed E-state index contributed by atoms with van der Waals surface area (Å²) in [5, 5.41) is 16.4. The molecule has 4 N–H and O–H groups in total. The van der Waals surface area contributed by atoms with Crippen molar-refractivity contribution < 1.29 is 19.5 Å². The molecule has 1 rings (SSSR count). The normalized spacial score (nSPS) is 9.76. The van der Waals surface area contributed by atoms with Gasteiger partial charge in [-0.2, -0.15) is 0 Å². The summed E-state index contributed by atoms with van der Waals surface area (Å²) in [5.74, 6) is -0.982. The number of nitrogens with one attached hydrogen (secondary N) is 3. The summed E-state index contributed by atoms with van der Waals surface area (Å²) >= 11 is 0. The van der Waals surface area contributed by atoms with Crippen LogP contribution in [0.25, 0.3) is 0 Å². The molecule has 0 atom stereocenters. The van der Waals surface area contributed by atoms with Crippen molar-refractivity contribution in [2.24, 2.45) is 0 Å². The van der Waals surface area contributed by atoms with E-state index in [4.69, 9.17) is 5.11 Å². The van der Waals surface area contributed by atoms with E-state index in [1.54, 1.807) is 24.3 Å². The molecular weight excluding hydrogens is 274 g/mol. The van der Waals surface area contributed by atoms with Crippen LogP contribution in [0.15, 0.2) is 24.3 Å². The molecule has 7 heteroatoms. The van der Waals surface area contributed by atoms with Gasteiger partial charge in [-0.3, -0.25) is 9.59 Å². The van der Waals surface area contributed by atoms with Crippen LogP contribution in [0.4, 0.5) is 10.5 Å². The lowest BCUT2D eigenvalue weighted by atomic mass is 10.1. The lowest BCUT2D eigenvalue weighted by Gasteiger charge is -2.08. The van der Waals surface area contributed by atoms with E-state index in [-0.39, 0.29) is 18.4 Å². The van der Waals surface area contributed by atoms with Gasteiger partial charge in [0.2, 0.25) is 5.91 Å². The van der Waals surface area contributed by atoms with Crippen molar-refractivity contribution in [2.75, 3.05) is 18.4 Å².